The summed E-state index contributed by atoms with van der Waals surface area (Å²) in [4.78, 5) is 12.8. The second kappa shape index (κ2) is 3.72. The van der Waals surface area contributed by atoms with E-state index in [9.17, 15) is 22.4 Å². The van der Waals surface area contributed by atoms with Crippen molar-refractivity contribution in [2.24, 2.45) is 0 Å². The number of H-pyrrole nitrogens is 1. The van der Waals surface area contributed by atoms with Gasteiger partial charge in [0.05, 0.1) is 11.1 Å². The molecule has 0 amide bonds. The third-order valence-electron chi connectivity index (χ3n) is 2.67. The number of halogens is 4. The molecule has 3 nitrogen and oxygen atoms in total. The summed E-state index contributed by atoms with van der Waals surface area (Å²) in [6.45, 7) is 1.09. The number of aromatic amines is 1. The standard InChI is InChI=1S/C11H7F4NO2/c1-4-7-6(12)3-2-5(10(17)18)8(7)16-9(4)11(13,14)15/h2-3,16H,1H3,(H,17,18). The zero-order valence-corrected chi connectivity index (χ0v) is 9.02. The highest BCUT2D eigenvalue weighted by Crippen LogP contribution is 2.36. The van der Waals surface area contributed by atoms with Crippen LogP contribution in [0.4, 0.5) is 17.6 Å². The monoisotopic (exact) mass is 261 g/mol. The number of alkyl halides is 3. The van der Waals surface area contributed by atoms with E-state index >= 15 is 0 Å². The first-order valence-electron chi connectivity index (χ1n) is 4.84. The number of carboxylic acid groups (broad SMARTS) is 1. The molecule has 2 rings (SSSR count). The summed E-state index contributed by atoms with van der Waals surface area (Å²) in [6, 6.07) is 1.77. The van der Waals surface area contributed by atoms with Gasteiger partial charge < -0.3 is 10.1 Å². The average molecular weight is 261 g/mol. The fourth-order valence-corrected chi connectivity index (χ4v) is 1.88. The van der Waals surface area contributed by atoms with Gasteiger partial charge in [0.1, 0.15) is 11.5 Å². The lowest BCUT2D eigenvalue weighted by atomic mass is 10.1. The summed E-state index contributed by atoms with van der Waals surface area (Å²) >= 11 is 0. The molecule has 0 aliphatic heterocycles. The number of nitrogens with one attached hydrogen (secondary N) is 1. The van der Waals surface area contributed by atoms with Crippen LogP contribution in [-0.2, 0) is 6.18 Å². The van der Waals surface area contributed by atoms with E-state index in [0.717, 1.165) is 19.1 Å². The molecule has 0 saturated heterocycles. The molecule has 0 fully saturated rings. The number of hydrogen-bond acceptors (Lipinski definition) is 1. The van der Waals surface area contributed by atoms with E-state index in [0.29, 0.717) is 0 Å². The van der Waals surface area contributed by atoms with Gasteiger partial charge in [-0.15, -0.1) is 0 Å². The van der Waals surface area contributed by atoms with Crippen LogP contribution in [-0.4, -0.2) is 16.1 Å². The van der Waals surface area contributed by atoms with E-state index in [1.54, 1.807) is 0 Å². The van der Waals surface area contributed by atoms with Gasteiger partial charge in [0.15, 0.2) is 0 Å². The lowest BCUT2D eigenvalue weighted by molar-refractivity contribution is -0.141. The van der Waals surface area contributed by atoms with Crippen LogP contribution >= 0.6 is 0 Å². The highest BCUT2D eigenvalue weighted by Gasteiger charge is 2.36. The third kappa shape index (κ3) is 1.71. The Hall–Kier alpha value is -2.05. The van der Waals surface area contributed by atoms with Crippen molar-refractivity contribution < 1.29 is 27.5 Å². The number of aromatic nitrogens is 1. The van der Waals surface area contributed by atoms with Crippen molar-refractivity contribution in [3.8, 4) is 0 Å². The maximum absolute atomic E-state index is 13.5. The Morgan fingerprint density at radius 3 is 2.44 bits per heavy atom. The van der Waals surface area contributed by atoms with Gasteiger partial charge >= 0.3 is 12.1 Å². The van der Waals surface area contributed by atoms with Gasteiger partial charge in [0.25, 0.3) is 0 Å². The molecule has 18 heavy (non-hydrogen) atoms. The van der Waals surface area contributed by atoms with E-state index in [4.69, 9.17) is 5.11 Å². The predicted molar refractivity (Wildman–Crippen MR) is 55.0 cm³/mol. The van der Waals surface area contributed by atoms with Crippen molar-refractivity contribution >= 4 is 16.9 Å². The molecule has 1 aromatic heterocycles. The molecule has 0 aliphatic rings. The van der Waals surface area contributed by atoms with Crippen LogP contribution < -0.4 is 0 Å². The smallest absolute Gasteiger partial charge is 0.431 e. The van der Waals surface area contributed by atoms with Crippen molar-refractivity contribution in [3.63, 3.8) is 0 Å². The third-order valence-corrected chi connectivity index (χ3v) is 2.67. The van der Waals surface area contributed by atoms with Gasteiger partial charge in [-0.2, -0.15) is 13.2 Å². The zero-order chi connectivity index (χ0) is 13.7. The van der Waals surface area contributed by atoms with Crippen LogP contribution in [0.25, 0.3) is 10.9 Å². The maximum Gasteiger partial charge on any atom is 0.431 e. The highest BCUT2D eigenvalue weighted by atomic mass is 19.4. The van der Waals surface area contributed by atoms with Crippen LogP contribution in [0.15, 0.2) is 12.1 Å². The second-order valence-corrected chi connectivity index (χ2v) is 3.77. The molecule has 0 aliphatic carbocycles. The molecule has 0 spiro atoms. The molecule has 1 heterocycles. The number of aryl methyl sites for hydroxylation is 1. The molecule has 7 heteroatoms. The van der Waals surface area contributed by atoms with Crippen molar-refractivity contribution in [3.05, 3.63) is 34.8 Å². The Kier molecular flexibility index (Phi) is 2.57. The largest absolute Gasteiger partial charge is 0.478 e. The molecule has 0 unspecified atom stereocenters. The lowest BCUT2D eigenvalue weighted by Gasteiger charge is -2.04. The van der Waals surface area contributed by atoms with E-state index < -0.39 is 29.2 Å². The van der Waals surface area contributed by atoms with Crippen LogP contribution in [0.3, 0.4) is 0 Å². The van der Waals surface area contributed by atoms with E-state index in [1.807, 2.05) is 4.98 Å². The molecule has 0 saturated carbocycles. The molecule has 2 N–H and O–H groups in total. The first kappa shape index (κ1) is 12.4. The van der Waals surface area contributed by atoms with Gasteiger partial charge in [0, 0.05) is 5.39 Å². The van der Waals surface area contributed by atoms with Gasteiger partial charge in [-0.05, 0) is 24.6 Å². The topological polar surface area (TPSA) is 53.1 Å². The Morgan fingerprint density at radius 1 is 1.33 bits per heavy atom. The number of hydrogen-bond donors (Lipinski definition) is 2. The van der Waals surface area contributed by atoms with Gasteiger partial charge in [-0.3, -0.25) is 0 Å². The lowest BCUT2D eigenvalue weighted by Crippen LogP contribution is -2.07. The van der Waals surface area contributed by atoms with Crippen molar-refractivity contribution in [2.45, 2.75) is 13.1 Å². The minimum atomic E-state index is -4.69. The van der Waals surface area contributed by atoms with E-state index in [1.165, 1.54) is 0 Å². The number of rotatable bonds is 1. The molecular weight excluding hydrogens is 254 g/mol. The minimum absolute atomic E-state index is 0.345. The fourth-order valence-electron chi connectivity index (χ4n) is 1.88. The maximum atomic E-state index is 13.5. The highest BCUT2D eigenvalue weighted by molar-refractivity contribution is 6.03. The molecule has 1 aromatic carbocycles. The number of aromatic carboxylic acids is 1. The first-order valence-corrected chi connectivity index (χ1v) is 4.84. The van der Waals surface area contributed by atoms with Gasteiger partial charge in [-0.25, -0.2) is 9.18 Å². The average Bonchev–Trinajstić information content (AvgIpc) is 2.56. The van der Waals surface area contributed by atoms with Crippen LogP contribution in [0.1, 0.15) is 21.6 Å². The van der Waals surface area contributed by atoms with Gasteiger partial charge in [-0.1, -0.05) is 0 Å². The molecule has 0 bridgehead atoms. The first-order chi connectivity index (χ1) is 8.23. The Bertz CT molecular complexity index is 643. The summed E-state index contributed by atoms with van der Waals surface area (Å²) in [7, 11) is 0. The Morgan fingerprint density at radius 2 is 1.94 bits per heavy atom. The quantitative estimate of drug-likeness (QED) is 0.773. The molecule has 0 radical (unpaired) electrons. The summed E-state index contributed by atoms with van der Waals surface area (Å²) in [5, 5.41) is 8.51. The van der Waals surface area contributed by atoms with Crippen molar-refractivity contribution in [1.29, 1.82) is 0 Å². The van der Waals surface area contributed by atoms with E-state index in [2.05, 4.69) is 0 Å². The number of benzene rings is 1. The summed E-state index contributed by atoms with van der Waals surface area (Å²) < 4.78 is 51.5. The number of carboxylic acids is 1. The van der Waals surface area contributed by atoms with Crippen molar-refractivity contribution in [1.82, 2.24) is 4.98 Å². The minimum Gasteiger partial charge on any atom is -0.478 e. The van der Waals surface area contributed by atoms with Gasteiger partial charge in [0.2, 0.25) is 0 Å². The normalized spacial score (nSPS) is 12.1. The SMILES string of the molecule is Cc1c(C(F)(F)F)[nH]c2c(C(=O)O)ccc(F)c12. The van der Waals surface area contributed by atoms with Crippen molar-refractivity contribution in [2.75, 3.05) is 0 Å². The number of carbonyl (C=O) groups is 1. The van der Waals surface area contributed by atoms with Crippen LogP contribution in [0.5, 0.6) is 0 Å². The molecule has 0 atom stereocenters. The molecule has 2 aromatic rings. The fraction of sp³-hybridized carbons (Fsp3) is 0.182. The predicted octanol–water partition coefficient (Wildman–Crippen LogP) is 3.33. The molecular formula is C11H7F4NO2. The Labute approximate surface area is 98.0 Å². The summed E-state index contributed by atoms with van der Waals surface area (Å²) in [5.74, 6) is -2.31. The Balaban J connectivity index is 2.91. The van der Waals surface area contributed by atoms with E-state index in [-0.39, 0.29) is 16.5 Å². The number of fused-ring (bicyclic) bond motifs is 1. The summed E-state index contributed by atoms with van der Waals surface area (Å²) in [6.07, 6.45) is -4.69. The second-order valence-electron chi connectivity index (χ2n) is 3.77. The molecule has 96 valence electrons. The summed E-state index contributed by atoms with van der Waals surface area (Å²) in [5.41, 5.74) is -2.24. The van der Waals surface area contributed by atoms with Crippen LogP contribution in [0, 0.1) is 12.7 Å². The van der Waals surface area contributed by atoms with Crippen LogP contribution in [0.2, 0.25) is 0 Å². The zero-order valence-electron chi connectivity index (χ0n) is 9.02.